The summed E-state index contributed by atoms with van der Waals surface area (Å²) in [4.78, 5) is 18.1. The average molecular weight is 540 g/mol. The highest BCUT2D eigenvalue weighted by atomic mass is 79.9. The molecule has 0 saturated carbocycles. The van der Waals surface area contributed by atoms with Crippen molar-refractivity contribution in [1.82, 2.24) is 4.98 Å². The maximum absolute atomic E-state index is 13.5. The zero-order valence-corrected chi connectivity index (χ0v) is 21.4. The number of hydrogen-bond donors (Lipinski definition) is 0. The van der Waals surface area contributed by atoms with Crippen molar-refractivity contribution >= 4 is 54.7 Å². The van der Waals surface area contributed by atoms with Crippen LogP contribution >= 0.6 is 27.3 Å². The molecule has 9 heteroatoms. The molecule has 0 aliphatic rings. The maximum Gasteiger partial charge on any atom is 0.280 e. The van der Waals surface area contributed by atoms with E-state index in [1.807, 2.05) is 37.3 Å². The number of carbonyl (C=O) groups excluding carboxylic acids is 1. The van der Waals surface area contributed by atoms with Crippen molar-refractivity contribution in [3.05, 3.63) is 75.8 Å². The summed E-state index contributed by atoms with van der Waals surface area (Å²) in [6.07, 6.45) is 1.57. The highest BCUT2D eigenvalue weighted by molar-refractivity contribution is 9.10. The van der Waals surface area contributed by atoms with Gasteiger partial charge in [0.25, 0.3) is 5.91 Å². The molecule has 1 aromatic heterocycles. The first-order valence-corrected chi connectivity index (χ1v) is 11.9. The van der Waals surface area contributed by atoms with E-state index in [9.17, 15) is 4.79 Å². The van der Waals surface area contributed by atoms with Crippen molar-refractivity contribution in [2.45, 2.75) is 6.92 Å². The van der Waals surface area contributed by atoms with Gasteiger partial charge in [0.2, 0.25) is 10.9 Å². The largest absolute Gasteiger partial charge is 0.493 e. The number of fused-ring (bicyclic) bond motifs is 1. The fourth-order valence-corrected chi connectivity index (χ4v) is 4.60. The normalized spacial score (nSPS) is 11.1. The number of rotatable bonds is 7. The minimum absolute atomic E-state index is 0.299. The zero-order chi connectivity index (χ0) is 24.2. The number of carbonyl (C=O) groups is 1. The number of aromatic nitrogens is 1. The molecule has 1 heterocycles. The molecule has 0 aliphatic carbocycles. The molecule has 1 amide bonds. The Labute approximate surface area is 209 Å². The van der Waals surface area contributed by atoms with Gasteiger partial charge in [-0.05, 0) is 61.0 Å². The van der Waals surface area contributed by atoms with E-state index in [0.717, 1.165) is 20.3 Å². The van der Waals surface area contributed by atoms with Crippen LogP contribution in [0.4, 0.5) is 5.13 Å². The van der Waals surface area contributed by atoms with Gasteiger partial charge in [-0.3, -0.25) is 4.79 Å². The maximum atomic E-state index is 13.5. The second-order valence-corrected chi connectivity index (χ2v) is 9.22. The number of aryl methyl sites for hydroxylation is 1. The fraction of sp³-hybridized carbons (Fsp3) is 0.160. The third kappa shape index (κ3) is 4.90. The van der Waals surface area contributed by atoms with Crippen LogP contribution in [0.15, 0.2) is 64.2 Å². The molecule has 0 saturated heterocycles. The van der Waals surface area contributed by atoms with E-state index in [-0.39, 0.29) is 5.91 Å². The molecule has 0 spiro atoms. The molecule has 4 rings (SSSR count). The quantitative estimate of drug-likeness (QED) is 0.210. The molecule has 3 aromatic carbocycles. The molecule has 0 unspecified atom stereocenters. The number of benzene rings is 3. The van der Waals surface area contributed by atoms with E-state index in [0.29, 0.717) is 33.5 Å². The standard InChI is InChI=1S/C25H22BrN3O4S/c1-15-5-10-19-22(11-15)34-25(28-19)29(24(30)17-6-8-18(26)9-7-17)27-14-16-12-20(31-2)23(33-4)21(13-16)32-3/h5-14H,1-4H3/b27-14+. The Morgan fingerprint density at radius 3 is 2.29 bits per heavy atom. The number of ether oxygens (including phenoxy) is 3. The van der Waals surface area contributed by atoms with Crippen molar-refractivity contribution in [2.75, 3.05) is 26.3 Å². The van der Waals surface area contributed by atoms with Crippen molar-refractivity contribution in [3.63, 3.8) is 0 Å². The zero-order valence-electron chi connectivity index (χ0n) is 19.0. The lowest BCUT2D eigenvalue weighted by Gasteiger charge is -2.15. The Kier molecular flexibility index (Phi) is 7.14. The van der Waals surface area contributed by atoms with E-state index < -0.39 is 0 Å². The van der Waals surface area contributed by atoms with Crippen LogP contribution in [0, 0.1) is 6.92 Å². The van der Waals surface area contributed by atoms with Gasteiger partial charge in [0, 0.05) is 15.6 Å². The number of thiazole rings is 1. The Hall–Kier alpha value is -3.43. The van der Waals surface area contributed by atoms with Crippen LogP contribution in [-0.4, -0.2) is 38.4 Å². The van der Waals surface area contributed by atoms with Crippen molar-refractivity contribution in [2.24, 2.45) is 5.10 Å². The summed E-state index contributed by atoms with van der Waals surface area (Å²) in [5, 5.41) is 6.31. The van der Waals surface area contributed by atoms with E-state index >= 15 is 0 Å². The van der Waals surface area contributed by atoms with Crippen molar-refractivity contribution < 1.29 is 19.0 Å². The highest BCUT2D eigenvalue weighted by Crippen LogP contribution is 2.38. The molecule has 34 heavy (non-hydrogen) atoms. The number of anilines is 1. The summed E-state index contributed by atoms with van der Waals surface area (Å²) in [7, 11) is 4.64. The van der Waals surface area contributed by atoms with Gasteiger partial charge in [0.1, 0.15) is 0 Å². The van der Waals surface area contributed by atoms with Crippen molar-refractivity contribution in [1.29, 1.82) is 0 Å². The van der Waals surface area contributed by atoms with Gasteiger partial charge in [0.15, 0.2) is 11.5 Å². The molecule has 4 aromatic rings. The summed E-state index contributed by atoms with van der Waals surface area (Å²) in [6, 6.07) is 16.6. The fourth-order valence-electron chi connectivity index (χ4n) is 3.31. The molecular weight excluding hydrogens is 518 g/mol. The molecule has 0 aliphatic heterocycles. The molecule has 0 radical (unpaired) electrons. The van der Waals surface area contributed by atoms with E-state index in [4.69, 9.17) is 14.2 Å². The van der Waals surface area contributed by atoms with Crippen LogP contribution in [0.25, 0.3) is 10.2 Å². The van der Waals surface area contributed by atoms with Gasteiger partial charge in [-0.15, -0.1) is 0 Å². The molecule has 0 bridgehead atoms. The molecular formula is C25H22BrN3O4S. The topological polar surface area (TPSA) is 73.2 Å². The van der Waals surface area contributed by atoms with Crippen LogP contribution in [0.3, 0.4) is 0 Å². The summed E-state index contributed by atoms with van der Waals surface area (Å²) in [5.41, 5.74) is 3.08. The molecule has 174 valence electrons. The first kappa shape index (κ1) is 23.7. The third-order valence-electron chi connectivity index (χ3n) is 5.01. The lowest BCUT2D eigenvalue weighted by atomic mass is 10.2. The van der Waals surface area contributed by atoms with Crippen LogP contribution in [0.2, 0.25) is 0 Å². The summed E-state index contributed by atoms with van der Waals surface area (Å²) >= 11 is 4.81. The van der Waals surface area contributed by atoms with E-state index in [1.165, 1.54) is 16.3 Å². The number of methoxy groups -OCH3 is 3. The second kappa shape index (κ2) is 10.2. The molecule has 0 fully saturated rings. The monoisotopic (exact) mass is 539 g/mol. The molecule has 0 N–H and O–H groups in total. The van der Waals surface area contributed by atoms with Gasteiger partial charge in [-0.25, -0.2) is 4.98 Å². The van der Waals surface area contributed by atoms with Crippen LogP contribution in [-0.2, 0) is 0 Å². The number of halogens is 1. The SMILES string of the molecule is COc1cc(/C=N/N(C(=O)c2ccc(Br)cc2)c2nc3ccc(C)cc3s2)cc(OC)c1OC. The summed E-state index contributed by atoms with van der Waals surface area (Å²) in [5.74, 6) is 1.16. The summed E-state index contributed by atoms with van der Waals surface area (Å²) < 4.78 is 18.1. The highest BCUT2D eigenvalue weighted by Gasteiger charge is 2.21. The van der Waals surface area contributed by atoms with Gasteiger partial charge in [-0.2, -0.15) is 10.1 Å². The molecule has 0 atom stereocenters. The number of hydrazone groups is 1. The Morgan fingerprint density at radius 1 is 1.00 bits per heavy atom. The van der Waals surface area contributed by atoms with E-state index in [2.05, 4.69) is 26.0 Å². The smallest absolute Gasteiger partial charge is 0.280 e. The third-order valence-corrected chi connectivity index (χ3v) is 6.53. The minimum atomic E-state index is -0.299. The van der Waals surface area contributed by atoms with Gasteiger partial charge in [0.05, 0.1) is 37.8 Å². The second-order valence-electron chi connectivity index (χ2n) is 7.29. The summed E-state index contributed by atoms with van der Waals surface area (Å²) in [6.45, 7) is 2.02. The number of nitrogens with zero attached hydrogens (tertiary/aromatic N) is 3. The van der Waals surface area contributed by atoms with Gasteiger partial charge in [-0.1, -0.05) is 33.3 Å². The Bertz CT molecular complexity index is 1340. The minimum Gasteiger partial charge on any atom is -0.493 e. The first-order chi connectivity index (χ1) is 16.4. The lowest BCUT2D eigenvalue weighted by molar-refractivity contribution is 0.0988. The van der Waals surface area contributed by atoms with Crippen LogP contribution < -0.4 is 19.2 Å². The van der Waals surface area contributed by atoms with Crippen molar-refractivity contribution in [3.8, 4) is 17.2 Å². The lowest BCUT2D eigenvalue weighted by Crippen LogP contribution is -2.25. The van der Waals surface area contributed by atoms with E-state index in [1.54, 1.807) is 51.8 Å². The average Bonchev–Trinajstić information content (AvgIpc) is 3.26. The van der Waals surface area contributed by atoms with Gasteiger partial charge < -0.3 is 14.2 Å². The first-order valence-electron chi connectivity index (χ1n) is 10.2. The predicted octanol–water partition coefficient (Wildman–Crippen LogP) is 6.07. The number of amides is 1. The van der Waals surface area contributed by atoms with Crippen LogP contribution in [0.5, 0.6) is 17.2 Å². The Balaban J connectivity index is 1.78. The Morgan fingerprint density at radius 2 is 1.68 bits per heavy atom. The molecule has 7 nitrogen and oxygen atoms in total. The van der Waals surface area contributed by atoms with Crippen LogP contribution in [0.1, 0.15) is 21.5 Å². The predicted molar refractivity (Wildman–Crippen MR) is 139 cm³/mol. The van der Waals surface area contributed by atoms with Gasteiger partial charge >= 0.3 is 0 Å². The number of hydrogen-bond acceptors (Lipinski definition) is 7.